The third kappa shape index (κ3) is 4.02. The van der Waals surface area contributed by atoms with E-state index in [0.29, 0.717) is 31.1 Å². The van der Waals surface area contributed by atoms with Crippen LogP contribution >= 0.6 is 11.6 Å². The number of rotatable bonds is 5. The lowest BCUT2D eigenvalue weighted by Gasteiger charge is -2.36. The maximum atomic E-state index is 13.2. The van der Waals surface area contributed by atoms with E-state index < -0.39 is 5.41 Å². The van der Waals surface area contributed by atoms with Crippen molar-refractivity contribution in [2.24, 2.45) is 0 Å². The molecule has 1 aliphatic rings. The van der Waals surface area contributed by atoms with Crippen molar-refractivity contribution in [2.75, 3.05) is 18.5 Å². The van der Waals surface area contributed by atoms with Crippen molar-refractivity contribution in [1.82, 2.24) is 0 Å². The zero-order chi connectivity index (χ0) is 18.6. The van der Waals surface area contributed by atoms with Crippen molar-refractivity contribution in [1.29, 1.82) is 0 Å². The van der Waals surface area contributed by atoms with Gasteiger partial charge in [0.15, 0.2) is 0 Å². The number of hydrogen-bond acceptors (Lipinski definition) is 3. The van der Waals surface area contributed by atoms with Gasteiger partial charge in [0.2, 0.25) is 5.91 Å². The molecule has 2 aromatic carbocycles. The fourth-order valence-corrected chi connectivity index (χ4v) is 3.64. The summed E-state index contributed by atoms with van der Waals surface area (Å²) in [4.78, 5) is 13.2. The van der Waals surface area contributed by atoms with Gasteiger partial charge in [0, 0.05) is 23.9 Å². The number of carbonyl (C=O) groups excluding carboxylic acids is 1. The molecule has 2 aromatic rings. The number of anilines is 1. The van der Waals surface area contributed by atoms with E-state index >= 15 is 0 Å². The van der Waals surface area contributed by atoms with Crippen LogP contribution in [0.4, 0.5) is 5.69 Å². The van der Waals surface area contributed by atoms with Crippen molar-refractivity contribution in [3.8, 4) is 5.75 Å². The van der Waals surface area contributed by atoms with Gasteiger partial charge in [-0.25, -0.2) is 0 Å². The summed E-state index contributed by atoms with van der Waals surface area (Å²) in [6, 6.07) is 15.0. The first-order chi connectivity index (χ1) is 12.5. The van der Waals surface area contributed by atoms with Gasteiger partial charge in [-0.2, -0.15) is 0 Å². The number of amides is 1. The van der Waals surface area contributed by atoms with Crippen molar-refractivity contribution in [2.45, 2.75) is 38.2 Å². The predicted octanol–water partition coefficient (Wildman–Crippen LogP) is 4.81. The van der Waals surface area contributed by atoms with Crippen LogP contribution in [0.5, 0.6) is 5.75 Å². The lowest BCUT2D eigenvalue weighted by atomic mass is 9.73. The van der Waals surface area contributed by atoms with E-state index in [1.165, 1.54) is 0 Å². The Balaban J connectivity index is 1.84. The summed E-state index contributed by atoms with van der Waals surface area (Å²) < 4.78 is 11.1. The molecule has 3 rings (SSSR count). The minimum Gasteiger partial charge on any atom is -0.491 e. The van der Waals surface area contributed by atoms with E-state index in [1.54, 1.807) is 0 Å². The van der Waals surface area contributed by atoms with Crippen LogP contribution in [0.15, 0.2) is 48.5 Å². The SMILES string of the molecule is CC(C)Oc1ccc(NC(=O)C2(c3ccccc3Cl)CCOCC2)cc1. The molecule has 4 nitrogen and oxygen atoms in total. The second-order valence-corrected chi connectivity index (χ2v) is 7.23. The Hall–Kier alpha value is -2.04. The normalized spacial score (nSPS) is 16.3. The molecule has 26 heavy (non-hydrogen) atoms. The molecule has 5 heteroatoms. The first-order valence-corrected chi connectivity index (χ1v) is 9.30. The number of hydrogen-bond donors (Lipinski definition) is 1. The molecule has 0 bridgehead atoms. The largest absolute Gasteiger partial charge is 0.491 e. The Bertz CT molecular complexity index is 752. The maximum Gasteiger partial charge on any atom is 0.235 e. The quantitative estimate of drug-likeness (QED) is 0.817. The molecular weight excluding hydrogens is 350 g/mol. The summed E-state index contributed by atoms with van der Waals surface area (Å²) in [5.41, 5.74) is 0.926. The van der Waals surface area contributed by atoms with Gasteiger partial charge in [0.1, 0.15) is 5.75 Å². The zero-order valence-corrected chi connectivity index (χ0v) is 15.9. The van der Waals surface area contributed by atoms with Gasteiger partial charge >= 0.3 is 0 Å². The molecule has 1 heterocycles. The summed E-state index contributed by atoms with van der Waals surface area (Å²) >= 11 is 6.43. The first-order valence-electron chi connectivity index (χ1n) is 8.92. The standard InChI is InChI=1S/C21H24ClNO3/c1-15(2)26-17-9-7-16(8-10-17)23-20(24)21(11-13-25-14-12-21)18-5-3-4-6-19(18)22/h3-10,15H,11-14H2,1-2H3,(H,23,24). The molecule has 0 atom stereocenters. The molecule has 1 saturated heterocycles. The van der Waals surface area contributed by atoms with E-state index in [9.17, 15) is 4.79 Å². The molecule has 1 fully saturated rings. The lowest BCUT2D eigenvalue weighted by Crippen LogP contribution is -2.45. The number of ether oxygens (including phenoxy) is 2. The van der Waals surface area contributed by atoms with E-state index in [4.69, 9.17) is 21.1 Å². The molecular formula is C21H24ClNO3. The second-order valence-electron chi connectivity index (χ2n) is 6.82. The number of benzene rings is 2. The van der Waals surface area contributed by atoms with E-state index in [2.05, 4.69) is 5.32 Å². The van der Waals surface area contributed by atoms with Crippen molar-refractivity contribution >= 4 is 23.2 Å². The van der Waals surface area contributed by atoms with Crippen LogP contribution in [-0.4, -0.2) is 25.2 Å². The van der Waals surface area contributed by atoms with Crippen LogP contribution in [0.2, 0.25) is 5.02 Å². The summed E-state index contributed by atoms with van der Waals surface area (Å²) in [6.45, 7) is 5.04. The van der Waals surface area contributed by atoms with Gasteiger partial charge in [-0.3, -0.25) is 4.79 Å². The topological polar surface area (TPSA) is 47.6 Å². The molecule has 0 saturated carbocycles. The van der Waals surface area contributed by atoms with Crippen molar-refractivity contribution in [3.05, 3.63) is 59.1 Å². The van der Waals surface area contributed by atoms with Crippen LogP contribution < -0.4 is 10.1 Å². The summed E-state index contributed by atoms with van der Waals surface area (Å²) in [5.74, 6) is 0.733. The molecule has 0 radical (unpaired) electrons. The molecule has 0 aliphatic carbocycles. The average Bonchev–Trinajstić information content (AvgIpc) is 2.64. The molecule has 0 aromatic heterocycles. The van der Waals surface area contributed by atoms with Gasteiger partial charge in [-0.1, -0.05) is 29.8 Å². The van der Waals surface area contributed by atoms with E-state index in [1.807, 2.05) is 62.4 Å². The first kappa shape index (κ1) is 18.7. The average molecular weight is 374 g/mol. The highest BCUT2D eigenvalue weighted by molar-refractivity contribution is 6.31. The Morgan fingerprint density at radius 1 is 1.12 bits per heavy atom. The molecule has 1 amide bonds. The summed E-state index contributed by atoms with van der Waals surface area (Å²) in [5, 5.41) is 3.67. The number of nitrogens with one attached hydrogen (secondary N) is 1. The third-order valence-electron chi connectivity index (χ3n) is 4.65. The van der Waals surface area contributed by atoms with Gasteiger partial charge in [-0.05, 0) is 62.6 Å². The fraction of sp³-hybridized carbons (Fsp3) is 0.381. The highest BCUT2D eigenvalue weighted by Crippen LogP contribution is 2.39. The Labute approximate surface area is 159 Å². The Morgan fingerprint density at radius 3 is 2.38 bits per heavy atom. The van der Waals surface area contributed by atoms with Crippen LogP contribution in [0.25, 0.3) is 0 Å². The van der Waals surface area contributed by atoms with Crippen LogP contribution in [0.3, 0.4) is 0 Å². The molecule has 0 spiro atoms. The highest BCUT2D eigenvalue weighted by atomic mass is 35.5. The molecule has 1 aliphatic heterocycles. The van der Waals surface area contributed by atoms with E-state index in [-0.39, 0.29) is 12.0 Å². The second kappa shape index (κ2) is 8.11. The molecule has 1 N–H and O–H groups in total. The number of carbonyl (C=O) groups is 1. The minimum atomic E-state index is -0.677. The summed E-state index contributed by atoms with van der Waals surface area (Å²) in [7, 11) is 0. The number of halogens is 1. The van der Waals surface area contributed by atoms with E-state index in [0.717, 1.165) is 17.0 Å². The Morgan fingerprint density at radius 2 is 1.77 bits per heavy atom. The fourth-order valence-electron chi connectivity index (χ4n) is 3.33. The van der Waals surface area contributed by atoms with Crippen molar-refractivity contribution < 1.29 is 14.3 Å². The highest BCUT2D eigenvalue weighted by Gasteiger charge is 2.43. The minimum absolute atomic E-state index is 0.0496. The van der Waals surface area contributed by atoms with Crippen LogP contribution in [-0.2, 0) is 14.9 Å². The van der Waals surface area contributed by atoms with Gasteiger partial charge in [0.25, 0.3) is 0 Å². The summed E-state index contributed by atoms with van der Waals surface area (Å²) in [6.07, 6.45) is 1.33. The van der Waals surface area contributed by atoms with Crippen LogP contribution in [0, 0.1) is 0 Å². The van der Waals surface area contributed by atoms with Crippen molar-refractivity contribution in [3.63, 3.8) is 0 Å². The smallest absolute Gasteiger partial charge is 0.235 e. The third-order valence-corrected chi connectivity index (χ3v) is 4.98. The maximum absolute atomic E-state index is 13.2. The predicted molar refractivity (Wildman–Crippen MR) is 104 cm³/mol. The van der Waals surface area contributed by atoms with Crippen LogP contribution in [0.1, 0.15) is 32.3 Å². The van der Waals surface area contributed by atoms with Gasteiger partial charge in [0.05, 0.1) is 11.5 Å². The monoisotopic (exact) mass is 373 g/mol. The Kier molecular flexibility index (Phi) is 5.84. The molecule has 0 unspecified atom stereocenters. The zero-order valence-electron chi connectivity index (χ0n) is 15.1. The van der Waals surface area contributed by atoms with Gasteiger partial charge in [-0.15, -0.1) is 0 Å². The van der Waals surface area contributed by atoms with Gasteiger partial charge < -0.3 is 14.8 Å². The molecule has 138 valence electrons. The lowest BCUT2D eigenvalue weighted by molar-refractivity contribution is -0.125.